The normalized spacial score (nSPS) is 11.2. The Hall–Kier alpha value is -2.05. The number of carbonyl (C=O) groups excluding carboxylic acids is 1. The zero-order valence-corrected chi connectivity index (χ0v) is 16.0. The van der Waals surface area contributed by atoms with Gasteiger partial charge in [0.2, 0.25) is 5.91 Å². The number of anilines is 1. The molecule has 3 rings (SSSR count). The number of nitrogens with zero attached hydrogens (tertiary/aromatic N) is 1. The van der Waals surface area contributed by atoms with E-state index in [1.54, 1.807) is 4.57 Å². The number of amides is 1. The van der Waals surface area contributed by atoms with Crippen molar-refractivity contribution < 1.29 is 4.79 Å². The van der Waals surface area contributed by atoms with Gasteiger partial charge >= 0.3 is 4.87 Å². The molecule has 0 saturated carbocycles. The van der Waals surface area contributed by atoms with E-state index in [1.165, 1.54) is 28.7 Å². The summed E-state index contributed by atoms with van der Waals surface area (Å²) in [7, 11) is 0. The first-order valence-electron chi connectivity index (χ1n) is 8.08. The highest BCUT2D eigenvalue weighted by molar-refractivity contribution is 8.00. The van der Waals surface area contributed by atoms with E-state index in [1.807, 2.05) is 63.2 Å². The average molecular weight is 373 g/mol. The van der Waals surface area contributed by atoms with Crippen molar-refractivity contribution in [2.24, 2.45) is 0 Å². The third kappa shape index (κ3) is 4.14. The van der Waals surface area contributed by atoms with Crippen LogP contribution in [0.15, 0.2) is 52.2 Å². The van der Waals surface area contributed by atoms with E-state index >= 15 is 0 Å². The minimum Gasteiger partial charge on any atom is -0.325 e. The Labute approximate surface area is 154 Å². The highest BCUT2D eigenvalue weighted by atomic mass is 32.2. The fourth-order valence-corrected chi connectivity index (χ4v) is 4.33. The van der Waals surface area contributed by atoms with Crippen LogP contribution in [0, 0.1) is 6.92 Å². The van der Waals surface area contributed by atoms with Gasteiger partial charge in [-0.25, -0.2) is 0 Å². The van der Waals surface area contributed by atoms with Gasteiger partial charge in [0.15, 0.2) is 0 Å². The predicted octanol–water partition coefficient (Wildman–Crippen LogP) is 4.68. The second-order valence-corrected chi connectivity index (χ2v) is 8.21. The van der Waals surface area contributed by atoms with Crippen LogP contribution in [0.1, 0.15) is 25.5 Å². The van der Waals surface area contributed by atoms with E-state index in [0.29, 0.717) is 5.75 Å². The molecule has 2 aromatic carbocycles. The van der Waals surface area contributed by atoms with Crippen molar-refractivity contribution in [3.8, 4) is 0 Å². The number of benzene rings is 2. The molecule has 1 aromatic heterocycles. The maximum absolute atomic E-state index is 12.2. The Morgan fingerprint density at radius 1 is 1.20 bits per heavy atom. The molecular weight excluding hydrogens is 352 g/mol. The number of rotatable bonds is 5. The monoisotopic (exact) mass is 372 g/mol. The summed E-state index contributed by atoms with van der Waals surface area (Å²) < 4.78 is 2.67. The molecule has 0 radical (unpaired) electrons. The van der Waals surface area contributed by atoms with E-state index < -0.39 is 0 Å². The second kappa shape index (κ2) is 7.45. The molecule has 6 heteroatoms. The number of nitrogens with one attached hydrogen (secondary N) is 1. The SMILES string of the molecule is Cc1ccc(SCC(=O)Nc2ccc3c(c2)sc(=O)n3C(C)C)cc1. The molecule has 1 amide bonds. The van der Waals surface area contributed by atoms with E-state index in [4.69, 9.17) is 0 Å². The van der Waals surface area contributed by atoms with Gasteiger partial charge in [0.05, 0.1) is 16.0 Å². The molecule has 0 fully saturated rings. The Bertz CT molecular complexity index is 956. The first-order chi connectivity index (χ1) is 11.9. The van der Waals surface area contributed by atoms with Crippen LogP contribution in [0.3, 0.4) is 0 Å². The van der Waals surface area contributed by atoms with Crippen molar-refractivity contribution in [1.29, 1.82) is 0 Å². The summed E-state index contributed by atoms with van der Waals surface area (Å²) in [4.78, 5) is 25.4. The van der Waals surface area contributed by atoms with Crippen molar-refractivity contribution in [3.05, 3.63) is 57.7 Å². The van der Waals surface area contributed by atoms with Crippen LogP contribution >= 0.6 is 23.1 Å². The van der Waals surface area contributed by atoms with Gasteiger partial charge in [-0.1, -0.05) is 29.0 Å². The number of carbonyl (C=O) groups is 1. The highest BCUT2D eigenvalue weighted by Gasteiger charge is 2.11. The lowest BCUT2D eigenvalue weighted by Crippen LogP contribution is -2.15. The minimum atomic E-state index is -0.0550. The summed E-state index contributed by atoms with van der Waals surface area (Å²) in [5, 5.41) is 2.91. The predicted molar refractivity (Wildman–Crippen MR) is 107 cm³/mol. The maximum Gasteiger partial charge on any atom is 0.308 e. The fourth-order valence-electron chi connectivity index (χ4n) is 2.58. The number of hydrogen-bond acceptors (Lipinski definition) is 4. The van der Waals surface area contributed by atoms with E-state index in [9.17, 15) is 9.59 Å². The Kier molecular flexibility index (Phi) is 5.30. The standard InChI is InChI=1S/C19H20N2O2S2/c1-12(2)21-16-9-6-14(10-17(16)25-19(21)23)20-18(22)11-24-15-7-4-13(3)5-8-15/h4-10,12H,11H2,1-3H3,(H,20,22). The number of hydrogen-bond donors (Lipinski definition) is 1. The third-order valence-electron chi connectivity index (χ3n) is 3.80. The summed E-state index contributed by atoms with van der Waals surface area (Å²) >= 11 is 2.72. The largest absolute Gasteiger partial charge is 0.325 e. The van der Waals surface area contributed by atoms with Gasteiger partial charge in [0.25, 0.3) is 0 Å². The molecule has 0 spiro atoms. The van der Waals surface area contributed by atoms with Gasteiger partial charge < -0.3 is 5.32 Å². The summed E-state index contributed by atoms with van der Waals surface area (Å²) in [5.74, 6) is 0.296. The van der Waals surface area contributed by atoms with Gasteiger partial charge in [0.1, 0.15) is 0 Å². The van der Waals surface area contributed by atoms with Crippen LogP contribution in [0.25, 0.3) is 10.2 Å². The third-order valence-corrected chi connectivity index (χ3v) is 5.73. The first kappa shape index (κ1) is 17.8. The number of thiazole rings is 1. The molecule has 4 nitrogen and oxygen atoms in total. The first-order valence-corrected chi connectivity index (χ1v) is 9.88. The quantitative estimate of drug-likeness (QED) is 0.662. The second-order valence-electron chi connectivity index (χ2n) is 6.16. The molecule has 0 saturated heterocycles. The number of thioether (sulfide) groups is 1. The summed E-state index contributed by atoms with van der Waals surface area (Å²) in [6.45, 7) is 6.02. The molecular formula is C19H20N2O2S2. The summed E-state index contributed by atoms with van der Waals surface area (Å²) in [6, 6.07) is 13.8. The summed E-state index contributed by atoms with van der Waals surface area (Å²) in [5.41, 5.74) is 2.84. The molecule has 0 aliphatic carbocycles. The zero-order chi connectivity index (χ0) is 18.0. The minimum absolute atomic E-state index is 0.0309. The van der Waals surface area contributed by atoms with Crippen LogP contribution in [0.4, 0.5) is 5.69 Å². The van der Waals surface area contributed by atoms with Gasteiger partial charge in [-0.3, -0.25) is 14.2 Å². The molecule has 3 aromatic rings. The van der Waals surface area contributed by atoms with Crippen LogP contribution in [0.5, 0.6) is 0 Å². The van der Waals surface area contributed by atoms with Crippen LogP contribution in [-0.4, -0.2) is 16.2 Å². The average Bonchev–Trinajstić information content (AvgIpc) is 2.89. The molecule has 1 heterocycles. The van der Waals surface area contributed by atoms with Crippen molar-refractivity contribution >= 4 is 44.9 Å². The van der Waals surface area contributed by atoms with Crippen molar-refractivity contribution in [1.82, 2.24) is 4.57 Å². The topological polar surface area (TPSA) is 51.1 Å². The molecule has 0 aliphatic heterocycles. The van der Waals surface area contributed by atoms with E-state index in [2.05, 4.69) is 5.32 Å². The maximum atomic E-state index is 12.2. The molecule has 0 bridgehead atoms. The van der Waals surface area contributed by atoms with Crippen molar-refractivity contribution in [2.75, 3.05) is 11.1 Å². The number of aromatic nitrogens is 1. The van der Waals surface area contributed by atoms with Gasteiger partial charge in [-0.15, -0.1) is 11.8 Å². The Morgan fingerprint density at radius 3 is 2.60 bits per heavy atom. The van der Waals surface area contributed by atoms with Gasteiger partial charge in [0, 0.05) is 16.6 Å². The zero-order valence-electron chi connectivity index (χ0n) is 14.4. The highest BCUT2D eigenvalue weighted by Crippen LogP contribution is 2.24. The smallest absolute Gasteiger partial charge is 0.308 e. The Morgan fingerprint density at radius 2 is 1.92 bits per heavy atom. The molecule has 25 heavy (non-hydrogen) atoms. The fraction of sp³-hybridized carbons (Fsp3) is 0.263. The summed E-state index contributed by atoms with van der Waals surface area (Å²) in [6.07, 6.45) is 0. The van der Waals surface area contributed by atoms with Gasteiger partial charge in [-0.05, 0) is 51.1 Å². The van der Waals surface area contributed by atoms with Crippen LogP contribution < -0.4 is 10.2 Å². The van der Waals surface area contributed by atoms with E-state index in [0.717, 1.165) is 20.8 Å². The molecule has 0 aliphatic rings. The Balaban J connectivity index is 1.69. The lowest BCUT2D eigenvalue weighted by Gasteiger charge is -2.08. The van der Waals surface area contributed by atoms with Crippen molar-refractivity contribution in [2.45, 2.75) is 31.7 Å². The number of fused-ring (bicyclic) bond motifs is 1. The van der Waals surface area contributed by atoms with Crippen LogP contribution in [-0.2, 0) is 4.79 Å². The van der Waals surface area contributed by atoms with Crippen LogP contribution in [0.2, 0.25) is 0 Å². The molecule has 0 atom stereocenters. The lowest BCUT2D eigenvalue weighted by molar-refractivity contribution is -0.113. The molecule has 0 unspecified atom stereocenters. The lowest BCUT2D eigenvalue weighted by atomic mass is 10.2. The van der Waals surface area contributed by atoms with Gasteiger partial charge in [-0.2, -0.15) is 0 Å². The van der Waals surface area contributed by atoms with Crippen molar-refractivity contribution in [3.63, 3.8) is 0 Å². The molecule has 1 N–H and O–H groups in total. The van der Waals surface area contributed by atoms with E-state index in [-0.39, 0.29) is 16.8 Å². The number of aryl methyl sites for hydroxylation is 1. The molecule has 130 valence electrons.